The highest BCUT2D eigenvalue weighted by Gasteiger charge is 2.22. The van der Waals surface area contributed by atoms with Crippen LogP contribution in [0.1, 0.15) is 28.8 Å². The number of terminal acetylenes is 1. The topological polar surface area (TPSA) is 185 Å². The number of aliphatic hydroxyl groups excluding tert-OH is 1. The van der Waals surface area contributed by atoms with E-state index in [0.29, 0.717) is 23.1 Å². The molecule has 12 nitrogen and oxygen atoms in total. The van der Waals surface area contributed by atoms with Gasteiger partial charge in [0.1, 0.15) is 6.04 Å². The number of carboxylic acid groups (broad SMARTS) is 2. The normalized spacial score (nSPS) is 11.4. The van der Waals surface area contributed by atoms with Crippen LogP contribution in [0.25, 0.3) is 10.9 Å². The molecule has 6 N–H and O–H groups in total. The van der Waals surface area contributed by atoms with Gasteiger partial charge in [0.2, 0.25) is 5.95 Å². The lowest BCUT2D eigenvalue weighted by molar-refractivity contribution is -0.140. The number of carbonyl (C=O) groups excluding carboxylic acids is 1. The van der Waals surface area contributed by atoms with Crippen molar-refractivity contribution in [1.82, 2.24) is 15.3 Å². The Balaban J connectivity index is 1.75. The first kappa shape index (κ1) is 27.7. The highest BCUT2D eigenvalue weighted by Crippen LogP contribution is 2.20. The highest BCUT2D eigenvalue weighted by atomic mass is 16.4. The fraction of sp³-hybridized carbons (Fsp3) is 0.269. The van der Waals surface area contributed by atoms with E-state index in [4.69, 9.17) is 16.6 Å². The minimum atomic E-state index is -1.33. The molecule has 0 aliphatic rings. The highest BCUT2D eigenvalue weighted by molar-refractivity contribution is 5.97. The molecule has 0 bridgehead atoms. The molecule has 1 heterocycles. The number of anilines is 2. The summed E-state index contributed by atoms with van der Waals surface area (Å²) in [6, 6.07) is 10.3. The molecule has 0 aliphatic carbocycles. The molecular weight excluding hydrogens is 494 g/mol. The van der Waals surface area contributed by atoms with Gasteiger partial charge in [-0.25, -0.2) is 9.78 Å². The quantitative estimate of drug-likeness (QED) is 0.177. The second kappa shape index (κ2) is 12.9. The summed E-state index contributed by atoms with van der Waals surface area (Å²) in [5, 5.41) is 32.5. The molecule has 0 aliphatic heterocycles. The number of amides is 1. The number of rotatable bonds is 13. The molecule has 3 rings (SSSR count). The maximum atomic E-state index is 12.5. The van der Waals surface area contributed by atoms with E-state index < -0.39 is 30.3 Å². The van der Waals surface area contributed by atoms with Crippen LogP contribution < -0.4 is 21.1 Å². The van der Waals surface area contributed by atoms with Crippen molar-refractivity contribution in [1.29, 1.82) is 0 Å². The van der Waals surface area contributed by atoms with Crippen molar-refractivity contribution in [3.63, 3.8) is 0 Å². The molecule has 0 spiro atoms. The van der Waals surface area contributed by atoms with Gasteiger partial charge in [0.15, 0.2) is 0 Å². The first-order chi connectivity index (χ1) is 18.2. The van der Waals surface area contributed by atoms with Gasteiger partial charge in [0, 0.05) is 30.8 Å². The van der Waals surface area contributed by atoms with E-state index in [0.717, 1.165) is 5.56 Å². The van der Waals surface area contributed by atoms with Crippen LogP contribution in [0.3, 0.4) is 0 Å². The van der Waals surface area contributed by atoms with E-state index in [1.807, 2.05) is 11.0 Å². The third-order valence-electron chi connectivity index (χ3n) is 5.57. The number of aliphatic carboxylic acids is 2. The second-order valence-corrected chi connectivity index (χ2v) is 8.32. The Hall–Kier alpha value is -4.89. The first-order valence-corrected chi connectivity index (χ1v) is 11.6. The summed E-state index contributed by atoms with van der Waals surface area (Å²) >= 11 is 0. The molecule has 0 fully saturated rings. The monoisotopic (exact) mass is 521 g/mol. The average molecular weight is 522 g/mol. The van der Waals surface area contributed by atoms with Crippen molar-refractivity contribution in [2.24, 2.45) is 0 Å². The Morgan fingerprint density at radius 3 is 2.50 bits per heavy atom. The van der Waals surface area contributed by atoms with Crippen LogP contribution in [0.2, 0.25) is 0 Å². The van der Waals surface area contributed by atoms with Crippen LogP contribution in [-0.4, -0.2) is 68.9 Å². The van der Waals surface area contributed by atoms with E-state index in [2.05, 4.69) is 26.5 Å². The van der Waals surface area contributed by atoms with Gasteiger partial charge in [-0.1, -0.05) is 12.0 Å². The zero-order valence-corrected chi connectivity index (χ0v) is 20.3. The molecule has 0 radical (unpaired) electrons. The number of nitrogens with one attached hydrogen (secondary N) is 3. The Morgan fingerprint density at radius 2 is 1.87 bits per heavy atom. The standard InChI is InChI=1S/C26H27N5O7/c1-2-12-31(15-16-3-8-20-19(14-16)24(36)30-26(29-20)27-11-13-32)18-6-4-17(5-7-18)23(35)28-21(25(37)38)9-10-22(33)34/h1,3-8,14,21,32H,9-13,15H2,(H,28,35)(H,33,34)(H,37,38)(H2,27,29,30,36). The number of carboxylic acids is 2. The second-order valence-electron chi connectivity index (χ2n) is 8.32. The molecule has 1 aromatic heterocycles. The van der Waals surface area contributed by atoms with Gasteiger partial charge in [-0.2, -0.15) is 0 Å². The maximum absolute atomic E-state index is 12.5. The molecule has 2 aromatic carbocycles. The Bertz CT molecular complexity index is 1410. The zero-order valence-electron chi connectivity index (χ0n) is 20.3. The van der Waals surface area contributed by atoms with Gasteiger partial charge in [-0.15, -0.1) is 6.42 Å². The molecule has 38 heavy (non-hydrogen) atoms. The Morgan fingerprint density at radius 1 is 1.13 bits per heavy atom. The number of hydrogen-bond acceptors (Lipinski definition) is 8. The number of benzene rings is 2. The van der Waals surface area contributed by atoms with Crippen LogP contribution in [0.4, 0.5) is 11.6 Å². The smallest absolute Gasteiger partial charge is 0.326 e. The van der Waals surface area contributed by atoms with Crippen molar-refractivity contribution >= 4 is 40.4 Å². The number of hydrogen-bond donors (Lipinski definition) is 6. The van der Waals surface area contributed by atoms with Gasteiger partial charge >= 0.3 is 11.9 Å². The summed E-state index contributed by atoms with van der Waals surface area (Å²) < 4.78 is 0. The molecular formula is C26H27N5O7. The predicted octanol–water partition coefficient (Wildman–Crippen LogP) is 1.01. The van der Waals surface area contributed by atoms with Crippen LogP contribution >= 0.6 is 0 Å². The summed E-state index contributed by atoms with van der Waals surface area (Å²) in [7, 11) is 0. The number of fused-ring (bicyclic) bond motifs is 1. The first-order valence-electron chi connectivity index (χ1n) is 11.6. The lowest BCUT2D eigenvalue weighted by atomic mass is 10.1. The number of nitrogens with zero attached hydrogens (tertiary/aromatic N) is 2. The van der Waals surface area contributed by atoms with E-state index in [9.17, 15) is 24.3 Å². The molecule has 198 valence electrons. The summed E-state index contributed by atoms with van der Waals surface area (Å²) in [6.45, 7) is 0.732. The summed E-state index contributed by atoms with van der Waals surface area (Å²) in [5.74, 6) is -0.276. The molecule has 3 aromatic rings. The fourth-order valence-electron chi connectivity index (χ4n) is 3.70. The summed E-state index contributed by atoms with van der Waals surface area (Å²) in [6.07, 6.45) is 4.93. The minimum absolute atomic E-state index is 0.104. The van der Waals surface area contributed by atoms with Crippen molar-refractivity contribution < 1.29 is 29.7 Å². The fourth-order valence-corrected chi connectivity index (χ4v) is 3.70. The zero-order chi connectivity index (χ0) is 27.7. The third-order valence-corrected chi connectivity index (χ3v) is 5.57. The molecule has 0 saturated carbocycles. The van der Waals surface area contributed by atoms with Crippen LogP contribution in [-0.2, 0) is 16.1 Å². The SMILES string of the molecule is C#CCN(Cc1ccc2nc(NCCO)[nH]c(=O)c2c1)c1ccc(C(=O)NC(CCC(=O)O)C(=O)O)cc1. The summed E-state index contributed by atoms with van der Waals surface area (Å²) in [4.78, 5) is 56.0. The number of carbonyl (C=O) groups is 3. The predicted molar refractivity (Wildman–Crippen MR) is 140 cm³/mol. The van der Waals surface area contributed by atoms with Gasteiger partial charge < -0.3 is 30.9 Å². The lowest BCUT2D eigenvalue weighted by Gasteiger charge is -2.23. The minimum Gasteiger partial charge on any atom is -0.481 e. The van der Waals surface area contributed by atoms with Gasteiger partial charge in [-0.05, 0) is 48.4 Å². The Labute approximate surface area is 217 Å². The van der Waals surface area contributed by atoms with Gasteiger partial charge in [0.05, 0.1) is 24.1 Å². The van der Waals surface area contributed by atoms with Crippen LogP contribution in [0.15, 0.2) is 47.3 Å². The van der Waals surface area contributed by atoms with E-state index in [-0.39, 0.29) is 43.2 Å². The van der Waals surface area contributed by atoms with Gasteiger partial charge in [0.25, 0.3) is 11.5 Å². The third kappa shape index (κ3) is 7.31. The van der Waals surface area contributed by atoms with E-state index in [1.54, 1.807) is 24.3 Å². The summed E-state index contributed by atoms with van der Waals surface area (Å²) in [5.41, 5.74) is 1.83. The van der Waals surface area contributed by atoms with E-state index >= 15 is 0 Å². The number of aromatic amines is 1. The Kier molecular flexibility index (Phi) is 9.39. The van der Waals surface area contributed by atoms with Crippen molar-refractivity contribution in [2.45, 2.75) is 25.4 Å². The van der Waals surface area contributed by atoms with Crippen molar-refractivity contribution in [3.05, 3.63) is 63.9 Å². The van der Waals surface area contributed by atoms with Gasteiger partial charge in [-0.3, -0.25) is 19.4 Å². The van der Waals surface area contributed by atoms with Crippen LogP contribution in [0, 0.1) is 12.3 Å². The number of aliphatic hydroxyl groups is 1. The maximum Gasteiger partial charge on any atom is 0.326 e. The molecule has 1 atom stereocenters. The molecule has 0 saturated heterocycles. The molecule has 12 heteroatoms. The van der Waals surface area contributed by atoms with E-state index in [1.165, 1.54) is 12.1 Å². The van der Waals surface area contributed by atoms with Crippen LogP contribution in [0.5, 0.6) is 0 Å². The lowest BCUT2D eigenvalue weighted by Crippen LogP contribution is -2.41. The molecule has 1 unspecified atom stereocenters. The number of aromatic nitrogens is 2. The average Bonchev–Trinajstić information content (AvgIpc) is 2.89. The largest absolute Gasteiger partial charge is 0.481 e. The number of H-pyrrole nitrogens is 1. The van der Waals surface area contributed by atoms with Crippen molar-refractivity contribution in [2.75, 3.05) is 29.9 Å². The van der Waals surface area contributed by atoms with Crippen molar-refractivity contribution in [3.8, 4) is 12.3 Å². The molecule has 1 amide bonds.